The topological polar surface area (TPSA) is 422 Å². The summed E-state index contributed by atoms with van der Waals surface area (Å²) in [5, 5.41) is 117. The number of hydrogen-bond acceptors (Lipinski definition) is 22. The molecule has 2 unspecified atom stereocenters. The van der Waals surface area contributed by atoms with Gasteiger partial charge in [-0.15, -0.1) is 0 Å². The molecule has 27 nitrogen and oxygen atoms in total. The first-order valence-corrected chi connectivity index (χ1v) is 22.5. The van der Waals surface area contributed by atoms with E-state index in [-0.39, 0.29) is 64.4 Å². The van der Waals surface area contributed by atoms with Crippen molar-refractivity contribution < 1.29 is 104 Å². The smallest absolute Gasteiger partial charge is 0.306 e. The Hall–Kier alpha value is -3.78. The van der Waals surface area contributed by atoms with Gasteiger partial charge in [0, 0.05) is 71.4 Å². The fraction of sp³-hybridized carbons (Fsp3) is 0.850. The van der Waals surface area contributed by atoms with E-state index in [4.69, 9.17) is 29.8 Å². The second kappa shape index (κ2) is 32.1. The summed E-state index contributed by atoms with van der Waals surface area (Å²) >= 11 is 0. The maximum atomic E-state index is 12.4. The predicted molar refractivity (Wildman–Crippen MR) is 223 cm³/mol. The van der Waals surface area contributed by atoms with Gasteiger partial charge in [0.2, 0.25) is 29.5 Å². The van der Waals surface area contributed by atoms with E-state index in [1.54, 1.807) is 0 Å². The van der Waals surface area contributed by atoms with Crippen LogP contribution in [-0.2, 0) is 47.7 Å². The zero-order valence-electron chi connectivity index (χ0n) is 37.5. The minimum absolute atomic E-state index is 0.0243. The van der Waals surface area contributed by atoms with Gasteiger partial charge in [0.25, 0.3) is 0 Å². The molecule has 0 aliphatic carbocycles. The van der Waals surface area contributed by atoms with Gasteiger partial charge in [0.1, 0.15) is 55.4 Å². The Kier molecular flexibility index (Phi) is 28.4. The van der Waals surface area contributed by atoms with Gasteiger partial charge in [-0.3, -0.25) is 44.4 Å². The van der Waals surface area contributed by atoms with Crippen molar-refractivity contribution in [2.75, 3.05) is 52.5 Å². The number of nitrogens with zero attached hydrogens (tertiary/aromatic N) is 3. The standard InChI is InChI=1S/C40H72N6O21/c41-24(22-48)37-34(57)35(58)38(39(60)66-37)67-40-36(59)33(56)32(55)25(65-40)23-64-31(54)15-14-30(53)46(63)19-7-2-5-17-43-26(49)10-12-28(51)44(61)18-6-1-4-16-42-27(50)11-13-29(52)45(62)20-8-3-9-21-47/h24-25,32-40,47-48,55-63H,1-23,41H2,(H,42,50)(H,43,49)/t24?,25-,32-,33+,34+,35+,36-,37-,38-,39?,40-/m1/s1. The first-order chi connectivity index (χ1) is 31.8. The highest BCUT2D eigenvalue weighted by atomic mass is 16.7. The molecule has 27 heteroatoms. The monoisotopic (exact) mass is 972 g/mol. The number of aliphatic hydroxyl groups excluding tert-OH is 8. The van der Waals surface area contributed by atoms with Crippen LogP contribution in [0.5, 0.6) is 0 Å². The fourth-order valence-corrected chi connectivity index (χ4v) is 6.77. The lowest BCUT2D eigenvalue weighted by atomic mass is 9.94. The summed E-state index contributed by atoms with van der Waals surface area (Å²) in [6, 6.07) is -1.18. The van der Waals surface area contributed by atoms with E-state index in [0.717, 1.165) is 0 Å². The number of unbranched alkanes of at least 4 members (excludes halogenated alkanes) is 6. The van der Waals surface area contributed by atoms with E-state index >= 15 is 0 Å². The zero-order valence-corrected chi connectivity index (χ0v) is 37.5. The fourth-order valence-electron chi connectivity index (χ4n) is 6.77. The quantitative estimate of drug-likeness (QED) is 0.0130. The summed E-state index contributed by atoms with van der Waals surface area (Å²) in [6.45, 7) is -0.714. The first kappa shape index (κ1) is 59.3. The summed E-state index contributed by atoms with van der Waals surface area (Å²) in [7, 11) is 0. The van der Waals surface area contributed by atoms with Gasteiger partial charge in [0.05, 0.1) is 19.1 Å². The van der Waals surface area contributed by atoms with Crippen molar-refractivity contribution in [2.24, 2.45) is 5.73 Å². The largest absolute Gasteiger partial charge is 0.463 e. The maximum Gasteiger partial charge on any atom is 0.306 e. The number of nitrogens with two attached hydrogens (primary N) is 1. The average Bonchev–Trinajstić information content (AvgIpc) is 3.31. The van der Waals surface area contributed by atoms with Crippen LogP contribution in [-0.4, -0.2) is 227 Å². The third-order valence-corrected chi connectivity index (χ3v) is 10.9. The van der Waals surface area contributed by atoms with Crippen LogP contribution < -0.4 is 16.4 Å². The van der Waals surface area contributed by atoms with Gasteiger partial charge >= 0.3 is 5.97 Å². The molecule has 0 aromatic heterocycles. The molecule has 388 valence electrons. The minimum Gasteiger partial charge on any atom is -0.463 e. The normalized spacial score (nSPS) is 25.4. The van der Waals surface area contributed by atoms with Gasteiger partial charge < -0.3 is 76.2 Å². The lowest BCUT2D eigenvalue weighted by molar-refractivity contribution is -0.361. The number of esters is 1. The number of carbonyl (C=O) groups is 6. The number of carbonyl (C=O) groups excluding carboxylic acids is 6. The van der Waals surface area contributed by atoms with Crippen molar-refractivity contribution in [3.63, 3.8) is 0 Å². The molecule has 0 saturated carbocycles. The second-order valence-electron chi connectivity index (χ2n) is 16.3. The van der Waals surface area contributed by atoms with Crippen molar-refractivity contribution in [1.82, 2.24) is 25.8 Å². The molecule has 15 N–H and O–H groups in total. The van der Waals surface area contributed by atoms with Crippen LogP contribution in [0, 0.1) is 0 Å². The van der Waals surface area contributed by atoms with Crippen LogP contribution >= 0.6 is 0 Å². The number of ether oxygens (including phenoxy) is 4. The molecule has 5 amide bonds. The number of rotatable bonds is 32. The van der Waals surface area contributed by atoms with Crippen LogP contribution in [0.15, 0.2) is 0 Å². The summed E-state index contributed by atoms with van der Waals surface area (Å²) in [5.74, 6) is -3.75. The first-order valence-electron chi connectivity index (χ1n) is 22.5. The van der Waals surface area contributed by atoms with Crippen LogP contribution in [0.2, 0.25) is 0 Å². The molecular formula is C40H72N6O21. The molecular weight excluding hydrogens is 900 g/mol. The molecule has 2 aliphatic heterocycles. The third-order valence-electron chi connectivity index (χ3n) is 10.9. The van der Waals surface area contributed by atoms with E-state index in [9.17, 15) is 80.1 Å². The molecule has 11 atom stereocenters. The summed E-state index contributed by atoms with van der Waals surface area (Å²) in [5.41, 5.74) is 5.64. The molecule has 67 heavy (non-hydrogen) atoms. The minimum atomic E-state index is -1.95. The number of aliphatic hydroxyl groups is 8. The van der Waals surface area contributed by atoms with Crippen LogP contribution in [0.25, 0.3) is 0 Å². The van der Waals surface area contributed by atoms with Crippen LogP contribution in [0.3, 0.4) is 0 Å². The van der Waals surface area contributed by atoms with Crippen molar-refractivity contribution in [3.05, 3.63) is 0 Å². The average molecular weight is 973 g/mol. The molecule has 2 heterocycles. The molecule has 0 bridgehead atoms. The van der Waals surface area contributed by atoms with Crippen molar-refractivity contribution in [2.45, 2.75) is 164 Å². The Bertz CT molecular complexity index is 1500. The number of amides is 5. The van der Waals surface area contributed by atoms with Crippen LogP contribution in [0.4, 0.5) is 0 Å². The van der Waals surface area contributed by atoms with Gasteiger partial charge in [-0.25, -0.2) is 15.2 Å². The maximum absolute atomic E-state index is 12.4. The third kappa shape index (κ3) is 21.6. The Balaban J connectivity index is 1.54. The molecule has 2 rings (SSSR count). The lowest BCUT2D eigenvalue weighted by Crippen LogP contribution is -2.66. The highest BCUT2D eigenvalue weighted by Gasteiger charge is 2.51. The zero-order chi connectivity index (χ0) is 50.1. The van der Waals surface area contributed by atoms with E-state index in [1.807, 2.05) is 0 Å². The van der Waals surface area contributed by atoms with Gasteiger partial charge in [-0.1, -0.05) is 0 Å². The Morgan fingerprint density at radius 2 is 1.04 bits per heavy atom. The number of nitrogens with one attached hydrogen (secondary N) is 2. The second-order valence-corrected chi connectivity index (χ2v) is 16.3. The van der Waals surface area contributed by atoms with E-state index in [0.29, 0.717) is 79.5 Å². The molecule has 2 fully saturated rings. The van der Waals surface area contributed by atoms with Crippen molar-refractivity contribution >= 4 is 35.5 Å². The lowest BCUT2D eigenvalue weighted by Gasteiger charge is -2.46. The summed E-state index contributed by atoms with van der Waals surface area (Å²) in [6.07, 6.45) is -14.8. The Morgan fingerprint density at radius 3 is 1.52 bits per heavy atom. The summed E-state index contributed by atoms with van der Waals surface area (Å²) in [4.78, 5) is 73.0. The van der Waals surface area contributed by atoms with Crippen LogP contribution in [0.1, 0.15) is 96.3 Å². The Morgan fingerprint density at radius 1 is 0.567 bits per heavy atom. The molecule has 0 spiro atoms. The van der Waals surface area contributed by atoms with Gasteiger partial charge in [-0.2, -0.15) is 0 Å². The highest BCUT2D eigenvalue weighted by Crippen LogP contribution is 2.29. The number of hydroxylamine groups is 6. The van der Waals surface area contributed by atoms with E-state index in [2.05, 4.69) is 10.6 Å². The molecule has 2 aliphatic rings. The SMILES string of the molecule is NC(CO)[C@H]1OC(O)[C@H](O[C@H]2O[C@H](COC(=O)CCC(=O)N(O)CCCCCNC(=O)CCC(=O)N(O)CCCCCNC(=O)CCC(=O)N(O)CCCCCO)[C@@H](O)[C@H](O)[C@H]2O)[C@@H](O)[C@@H]1O. The number of hydrogen-bond donors (Lipinski definition) is 14. The molecule has 2 saturated heterocycles. The highest BCUT2D eigenvalue weighted by molar-refractivity contribution is 5.84. The molecule has 0 aromatic rings. The van der Waals surface area contributed by atoms with Crippen molar-refractivity contribution in [3.8, 4) is 0 Å². The van der Waals surface area contributed by atoms with E-state index < -0.39 is 123 Å². The van der Waals surface area contributed by atoms with Gasteiger partial charge in [-0.05, 0) is 57.8 Å². The molecule has 0 aromatic carbocycles. The van der Waals surface area contributed by atoms with E-state index in [1.165, 1.54) is 0 Å². The predicted octanol–water partition coefficient (Wildman–Crippen LogP) is -4.79. The van der Waals surface area contributed by atoms with Crippen molar-refractivity contribution in [1.29, 1.82) is 0 Å². The molecule has 0 radical (unpaired) electrons. The summed E-state index contributed by atoms with van der Waals surface area (Å²) < 4.78 is 21.0. The Labute approximate surface area is 387 Å². The van der Waals surface area contributed by atoms with Gasteiger partial charge in [0.15, 0.2) is 12.6 Å².